The molecular weight excluding hydrogens is 324 g/mol. The maximum Gasteiger partial charge on any atom is 0.333 e. The Morgan fingerprint density at radius 2 is 2.08 bits per heavy atom. The molecule has 140 valence electrons. The molecule has 0 heterocycles. The Kier molecular flexibility index (Phi) is 4.37. The van der Waals surface area contributed by atoms with Crippen molar-refractivity contribution in [3.05, 3.63) is 40.5 Å². The summed E-state index contributed by atoms with van der Waals surface area (Å²) in [6, 6.07) is 5.96. The van der Waals surface area contributed by atoms with Crippen LogP contribution in [0.4, 0.5) is 0 Å². The topological polar surface area (TPSA) is 46.5 Å². The minimum Gasteiger partial charge on any atom is -0.508 e. The number of allylic oxidation sites excluding steroid dienone is 1. The summed E-state index contributed by atoms with van der Waals surface area (Å²) in [5.74, 6) is 2.22. The molecule has 1 aromatic carbocycles. The fraction of sp³-hybridized carbons (Fsp3) is 0.609. The van der Waals surface area contributed by atoms with E-state index >= 15 is 0 Å². The minimum absolute atomic E-state index is 0.129. The Bertz CT molecular complexity index is 763. The summed E-state index contributed by atoms with van der Waals surface area (Å²) >= 11 is 0. The minimum atomic E-state index is -0.129. The molecule has 0 bridgehead atoms. The Hall–Kier alpha value is -1.77. The Morgan fingerprint density at radius 1 is 1.27 bits per heavy atom. The van der Waals surface area contributed by atoms with Crippen LogP contribution in [0.1, 0.15) is 69.9 Å². The van der Waals surface area contributed by atoms with Gasteiger partial charge in [-0.05, 0) is 98.8 Å². The molecule has 0 aliphatic heterocycles. The second-order valence-electron chi connectivity index (χ2n) is 8.62. The number of esters is 1. The zero-order chi connectivity index (χ0) is 18.5. The van der Waals surface area contributed by atoms with Gasteiger partial charge in [-0.15, -0.1) is 0 Å². The second-order valence-corrected chi connectivity index (χ2v) is 8.62. The van der Waals surface area contributed by atoms with Crippen LogP contribution in [0.3, 0.4) is 0 Å². The fourth-order valence-corrected chi connectivity index (χ4v) is 6.36. The largest absolute Gasteiger partial charge is 0.508 e. The molecule has 4 rings (SSSR count). The van der Waals surface area contributed by atoms with Crippen molar-refractivity contribution < 1.29 is 14.6 Å². The van der Waals surface area contributed by atoms with Gasteiger partial charge in [0.25, 0.3) is 0 Å². The molecule has 26 heavy (non-hydrogen) atoms. The highest BCUT2D eigenvalue weighted by atomic mass is 16.5. The average Bonchev–Trinajstić information content (AvgIpc) is 2.98. The molecule has 0 amide bonds. The van der Waals surface area contributed by atoms with Crippen LogP contribution in [0.25, 0.3) is 0 Å². The van der Waals surface area contributed by atoms with Crippen LogP contribution in [-0.4, -0.2) is 17.7 Å². The monoisotopic (exact) mass is 354 g/mol. The van der Waals surface area contributed by atoms with E-state index in [1.807, 2.05) is 26.0 Å². The van der Waals surface area contributed by atoms with Crippen LogP contribution in [0.2, 0.25) is 0 Å². The van der Waals surface area contributed by atoms with Gasteiger partial charge in [-0.3, -0.25) is 0 Å². The molecule has 0 spiro atoms. The number of benzene rings is 1. The highest BCUT2D eigenvalue weighted by molar-refractivity contribution is 5.89. The highest BCUT2D eigenvalue weighted by Gasteiger charge is 2.53. The Balaban J connectivity index is 1.66. The normalized spacial score (nSPS) is 34.5. The molecular formula is C23H30O3. The van der Waals surface area contributed by atoms with Gasteiger partial charge >= 0.3 is 5.97 Å². The number of carbonyl (C=O) groups is 1. The SMILES string of the molecule is CCOC(=O)/C(C)=C1/CCC2C3CCc4cc(O)ccc4C3CCC12C. The molecule has 3 aliphatic rings. The lowest BCUT2D eigenvalue weighted by atomic mass is 9.55. The summed E-state index contributed by atoms with van der Waals surface area (Å²) in [4.78, 5) is 12.3. The lowest BCUT2D eigenvalue weighted by Crippen LogP contribution is -2.40. The van der Waals surface area contributed by atoms with Gasteiger partial charge in [0.1, 0.15) is 5.75 Å². The third-order valence-electron chi connectivity index (χ3n) is 7.53. The highest BCUT2D eigenvalue weighted by Crippen LogP contribution is 2.63. The van der Waals surface area contributed by atoms with Crippen molar-refractivity contribution >= 4 is 5.97 Å². The number of hydrogen-bond acceptors (Lipinski definition) is 3. The van der Waals surface area contributed by atoms with Crippen molar-refractivity contribution in [1.29, 1.82) is 0 Å². The van der Waals surface area contributed by atoms with Crippen LogP contribution in [0.15, 0.2) is 29.3 Å². The molecule has 1 aromatic rings. The lowest BCUT2D eigenvalue weighted by Gasteiger charge is -2.49. The third kappa shape index (κ3) is 2.59. The molecule has 4 unspecified atom stereocenters. The van der Waals surface area contributed by atoms with Gasteiger partial charge in [0.05, 0.1) is 6.61 Å². The molecule has 2 fully saturated rings. The van der Waals surface area contributed by atoms with Gasteiger partial charge in [0.2, 0.25) is 0 Å². The maximum atomic E-state index is 12.3. The number of hydrogen-bond donors (Lipinski definition) is 1. The summed E-state index contributed by atoms with van der Waals surface area (Å²) in [5.41, 5.74) is 5.16. The smallest absolute Gasteiger partial charge is 0.333 e. The van der Waals surface area contributed by atoms with Crippen LogP contribution < -0.4 is 0 Å². The maximum absolute atomic E-state index is 12.3. The van der Waals surface area contributed by atoms with Gasteiger partial charge in [-0.25, -0.2) is 4.79 Å². The van der Waals surface area contributed by atoms with E-state index < -0.39 is 0 Å². The van der Waals surface area contributed by atoms with Crippen molar-refractivity contribution in [3.63, 3.8) is 0 Å². The number of aryl methyl sites for hydroxylation is 1. The molecule has 1 N–H and O–H groups in total. The molecule has 3 aliphatic carbocycles. The van der Waals surface area contributed by atoms with E-state index in [1.54, 1.807) is 0 Å². The van der Waals surface area contributed by atoms with Crippen molar-refractivity contribution in [2.75, 3.05) is 6.61 Å². The van der Waals surface area contributed by atoms with E-state index in [2.05, 4.69) is 13.0 Å². The van der Waals surface area contributed by atoms with Crippen LogP contribution >= 0.6 is 0 Å². The predicted molar refractivity (Wildman–Crippen MR) is 102 cm³/mol. The van der Waals surface area contributed by atoms with E-state index in [-0.39, 0.29) is 11.4 Å². The third-order valence-corrected chi connectivity index (χ3v) is 7.53. The van der Waals surface area contributed by atoms with E-state index in [9.17, 15) is 9.90 Å². The summed E-state index contributed by atoms with van der Waals surface area (Å²) in [7, 11) is 0. The first-order chi connectivity index (χ1) is 12.5. The second kappa shape index (κ2) is 6.44. The summed E-state index contributed by atoms with van der Waals surface area (Å²) in [6.07, 6.45) is 6.81. The molecule has 0 saturated heterocycles. The van der Waals surface area contributed by atoms with Crippen molar-refractivity contribution in [2.24, 2.45) is 17.3 Å². The number of fused-ring (bicyclic) bond motifs is 5. The predicted octanol–water partition coefficient (Wildman–Crippen LogP) is 5.13. The first-order valence-corrected chi connectivity index (χ1v) is 10.1. The lowest BCUT2D eigenvalue weighted by molar-refractivity contribution is -0.138. The molecule has 3 heteroatoms. The molecule has 4 atom stereocenters. The number of aromatic hydroxyl groups is 1. The number of rotatable bonds is 2. The first-order valence-electron chi connectivity index (χ1n) is 10.1. The van der Waals surface area contributed by atoms with Gasteiger partial charge in [0.15, 0.2) is 0 Å². The number of phenols is 1. The van der Waals surface area contributed by atoms with Crippen LogP contribution in [0, 0.1) is 17.3 Å². The number of ether oxygens (including phenoxy) is 1. The summed E-state index contributed by atoms with van der Waals surface area (Å²) < 4.78 is 5.28. The van der Waals surface area contributed by atoms with E-state index in [0.29, 0.717) is 30.1 Å². The summed E-state index contributed by atoms with van der Waals surface area (Å²) in [6.45, 7) is 6.67. The molecule has 0 aromatic heterocycles. The molecule has 2 saturated carbocycles. The Labute approximate surface area is 156 Å². The zero-order valence-electron chi connectivity index (χ0n) is 16.2. The standard InChI is InChI=1S/C23H30O3/c1-4-26-22(25)14(2)20-9-10-21-19-7-5-15-13-16(24)6-8-17(15)18(19)11-12-23(20,21)3/h6,8,13,18-19,21,24H,4-5,7,9-12H2,1-3H3/b20-14-. The number of phenolic OH excluding ortho intramolecular Hbond substituents is 1. The number of carbonyl (C=O) groups excluding carboxylic acids is 1. The first kappa shape index (κ1) is 17.6. The average molecular weight is 354 g/mol. The van der Waals surface area contributed by atoms with Crippen molar-refractivity contribution in [3.8, 4) is 5.75 Å². The summed E-state index contributed by atoms with van der Waals surface area (Å²) in [5, 5.41) is 9.82. The van der Waals surface area contributed by atoms with Crippen molar-refractivity contribution in [1.82, 2.24) is 0 Å². The van der Waals surface area contributed by atoms with E-state index in [0.717, 1.165) is 24.8 Å². The van der Waals surface area contributed by atoms with Gasteiger partial charge in [-0.2, -0.15) is 0 Å². The van der Waals surface area contributed by atoms with Gasteiger partial charge in [-0.1, -0.05) is 18.6 Å². The quantitative estimate of drug-likeness (QED) is 0.592. The molecule has 0 radical (unpaired) electrons. The van der Waals surface area contributed by atoms with Gasteiger partial charge in [0, 0.05) is 5.57 Å². The van der Waals surface area contributed by atoms with E-state index in [1.165, 1.54) is 36.0 Å². The fourth-order valence-electron chi connectivity index (χ4n) is 6.36. The zero-order valence-corrected chi connectivity index (χ0v) is 16.2. The molecule has 3 nitrogen and oxygen atoms in total. The van der Waals surface area contributed by atoms with Crippen LogP contribution in [-0.2, 0) is 16.0 Å². The van der Waals surface area contributed by atoms with E-state index in [4.69, 9.17) is 4.74 Å². The van der Waals surface area contributed by atoms with Crippen LogP contribution in [0.5, 0.6) is 5.75 Å². The van der Waals surface area contributed by atoms with Gasteiger partial charge < -0.3 is 9.84 Å². The van der Waals surface area contributed by atoms with Crippen molar-refractivity contribution in [2.45, 2.75) is 65.2 Å². The Morgan fingerprint density at radius 3 is 2.85 bits per heavy atom.